The van der Waals surface area contributed by atoms with E-state index in [4.69, 9.17) is 4.98 Å². The molecular formula is C27H38N6O. The van der Waals surface area contributed by atoms with E-state index in [9.17, 15) is 4.79 Å². The minimum Gasteiger partial charge on any atom is -0.353 e. The minimum absolute atomic E-state index is 0.288. The Morgan fingerprint density at radius 3 is 2.24 bits per heavy atom. The predicted octanol–water partition coefficient (Wildman–Crippen LogP) is 2.91. The summed E-state index contributed by atoms with van der Waals surface area (Å²) in [4.78, 5) is 31.4. The van der Waals surface area contributed by atoms with E-state index >= 15 is 0 Å². The van der Waals surface area contributed by atoms with Gasteiger partial charge in [-0.1, -0.05) is 44.0 Å². The second kappa shape index (κ2) is 10.8. The van der Waals surface area contributed by atoms with E-state index in [0.717, 1.165) is 88.3 Å². The summed E-state index contributed by atoms with van der Waals surface area (Å²) in [6.07, 6.45) is 10.1. The maximum Gasteiger partial charge on any atom is 0.236 e. The van der Waals surface area contributed by atoms with Crippen molar-refractivity contribution in [3.63, 3.8) is 0 Å². The van der Waals surface area contributed by atoms with E-state index in [0.29, 0.717) is 6.54 Å². The average molecular weight is 463 g/mol. The van der Waals surface area contributed by atoms with Crippen molar-refractivity contribution in [2.24, 2.45) is 0 Å². The molecule has 7 nitrogen and oxygen atoms in total. The zero-order chi connectivity index (χ0) is 23.3. The summed E-state index contributed by atoms with van der Waals surface area (Å²) in [5, 5.41) is 0. The molecule has 0 bridgehead atoms. The Bertz CT molecular complexity index is 927. The molecule has 1 saturated carbocycles. The van der Waals surface area contributed by atoms with E-state index in [-0.39, 0.29) is 5.91 Å². The third kappa shape index (κ3) is 5.41. The Kier molecular flexibility index (Phi) is 7.40. The van der Waals surface area contributed by atoms with Crippen LogP contribution in [0.5, 0.6) is 0 Å². The maximum absolute atomic E-state index is 12.8. The lowest BCUT2D eigenvalue weighted by molar-refractivity contribution is -0.134. The zero-order valence-corrected chi connectivity index (χ0v) is 20.5. The topological polar surface area (TPSA) is 55.8 Å². The van der Waals surface area contributed by atoms with Gasteiger partial charge in [0.1, 0.15) is 5.82 Å². The third-order valence-corrected chi connectivity index (χ3v) is 7.74. The van der Waals surface area contributed by atoms with Crippen LogP contribution in [0.4, 0.5) is 5.82 Å². The molecule has 1 aromatic carbocycles. The molecule has 3 aliphatic rings. The quantitative estimate of drug-likeness (QED) is 0.631. The van der Waals surface area contributed by atoms with Gasteiger partial charge in [-0.3, -0.25) is 19.6 Å². The summed E-state index contributed by atoms with van der Waals surface area (Å²) >= 11 is 0. The predicted molar refractivity (Wildman–Crippen MR) is 136 cm³/mol. The molecule has 3 fully saturated rings. The van der Waals surface area contributed by atoms with Crippen molar-refractivity contribution in [3.05, 3.63) is 42.2 Å². The van der Waals surface area contributed by atoms with E-state index in [1.165, 1.54) is 24.8 Å². The van der Waals surface area contributed by atoms with Crippen molar-refractivity contribution in [1.82, 2.24) is 24.7 Å². The number of amides is 1. The molecule has 0 N–H and O–H groups in total. The second-order valence-corrected chi connectivity index (χ2v) is 9.97. The molecule has 182 valence electrons. The van der Waals surface area contributed by atoms with Gasteiger partial charge in [0.15, 0.2) is 0 Å². The molecule has 34 heavy (non-hydrogen) atoms. The molecular weight excluding hydrogens is 424 g/mol. The van der Waals surface area contributed by atoms with E-state index in [1.54, 1.807) is 0 Å². The second-order valence-electron chi connectivity index (χ2n) is 9.97. The Labute approximate surface area is 203 Å². The largest absolute Gasteiger partial charge is 0.353 e. The fraction of sp³-hybridized carbons (Fsp3) is 0.593. The van der Waals surface area contributed by atoms with Gasteiger partial charge in [-0.05, 0) is 24.8 Å². The lowest BCUT2D eigenvalue weighted by Crippen LogP contribution is -2.56. The number of aromatic nitrogens is 2. The first-order valence-electron chi connectivity index (χ1n) is 13.1. The molecule has 2 aromatic rings. The summed E-state index contributed by atoms with van der Waals surface area (Å²) in [5.74, 6) is 1.21. The zero-order valence-electron chi connectivity index (χ0n) is 20.5. The van der Waals surface area contributed by atoms with Crippen LogP contribution in [-0.2, 0) is 11.2 Å². The summed E-state index contributed by atoms with van der Waals surface area (Å²) in [6, 6.07) is 9.43. The van der Waals surface area contributed by atoms with Crippen LogP contribution in [-0.4, -0.2) is 95.5 Å². The highest BCUT2D eigenvalue weighted by Crippen LogP contribution is 2.25. The molecule has 2 saturated heterocycles. The Balaban J connectivity index is 1.07. The van der Waals surface area contributed by atoms with Crippen molar-refractivity contribution in [2.45, 2.75) is 45.1 Å². The Morgan fingerprint density at radius 2 is 1.65 bits per heavy atom. The summed E-state index contributed by atoms with van der Waals surface area (Å²) in [5.41, 5.74) is 3.38. The first-order valence-corrected chi connectivity index (χ1v) is 13.1. The highest BCUT2D eigenvalue weighted by Gasteiger charge is 2.30. The smallest absolute Gasteiger partial charge is 0.236 e. The van der Waals surface area contributed by atoms with Crippen molar-refractivity contribution in [3.8, 4) is 11.3 Å². The van der Waals surface area contributed by atoms with Crippen LogP contribution in [0.2, 0.25) is 0 Å². The summed E-state index contributed by atoms with van der Waals surface area (Å²) in [6.45, 7) is 10.1. The molecule has 2 aliphatic heterocycles. The van der Waals surface area contributed by atoms with Crippen molar-refractivity contribution < 1.29 is 4.79 Å². The number of anilines is 1. The fourth-order valence-corrected chi connectivity index (χ4v) is 5.28. The monoisotopic (exact) mass is 462 g/mol. The number of nitrogens with zero attached hydrogens (tertiary/aromatic N) is 6. The van der Waals surface area contributed by atoms with Crippen LogP contribution < -0.4 is 4.90 Å². The first kappa shape index (κ1) is 23.2. The highest BCUT2D eigenvalue weighted by atomic mass is 16.2. The molecule has 0 atom stereocenters. The molecule has 5 rings (SSSR count). The van der Waals surface area contributed by atoms with Crippen molar-refractivity contribution >= 4 is 11.7 Å². The number of aryl methyl sites for hydroxylation is 1. The van der Waals surface area contributed by atoms with Crippen LogP contribution in [0.25, 0.3) is 11.3 Å². The lowest BCUT2D eigenvalue weighted by atomic mass is 9.91. The SMILES string of the molecule is CCCc1ccc(-c2cnc(N3CCN(CC(=O)N4CCN(C5CCC5)CC4)CC3)cn2)cc1. The molecule has 1 aromatic heterocycles. The van der Waals surface area contributed by atoms with Gasteiger partial charge in [-0.25, -0.2) is 4.98 Å². The van der Waals surface area contributed by atoms with Gasteiger partial charge in [0.2, 0.25) is 5.91 Å². The molecule has 7 heteroatoms. The van der Waals surface area contributed by atoms with Gasteiger partial charge < -0.3 is 9.80 Å². The van der Waals surface area contributed by atoms with E-state index in [2.05, 4.69) is 55.8 Å². The van der Waals surface area contributed by atoms with Crippen molar-refractivity contribution in [1.29, 1.82) is 0 Å². The number of benzene rings is 1. The number of hydrogen-bond acceptors (Lipinski definition) is 6. The van der Waals surface area contributed by atoms with Gasteiger partial charge in [0.05, 0.1) is 24.6 Å². The normalized spacial score (nSPS) is 20.4. The standard InChI is InChI=1S/C27H38N6O/c1-2-4-22-7-9-23(10-8-22)25-19-29-26(20-28-25)32-13-11-30(12-14-32)21-27(34)33-17-15-31(16-18-33)24-5-3-6-24/h7-10,19-20,24H,2-6,11-18,21H2,1H3. The summed E-state index contributed by atoms with van der Waals surface area (Å²) in [7, 11) is 0. The van der Waals surface area contributed by atoms with Gasteiger partial charge >= 0.3 is 0 Å². The van der Waals surface area contributed by atoms with Crippen LogP contribution in [0.15, 0.2) is 36.7 Å². The first-order chi connectivity index (χ1) is 16.7. The van der Waals surface area contributed by atoms with E-state index in [1.807, 2.05) is 12.4 Å². The van der Waals surface area contributed by atoms with Crippen molar-refractivity contribution in [2.75, 3.05) is 63.8 Å². The molecule has 1 amide bonds. The molecule has 0 radical (unpaired) electrons. The average Bonchev–Trinajstić information content (AvgIpc) is 2.85. The minimum atomic E-state index is 0.288. The van der Waals surface area contributed by atoms with Gasteiger partial charge in [0, 0.05) is 64.0 Å². The third-order valence-electron chi connectivity index (χ3n) is 7.74. The molecule has 1 aliphatic carbocycles. The van der Waals surface area contributed by atoms with E-state index < -0.39 is 0 Å². The Morgan fingerprint density at radius 1 is 0.912 bits per heavy atom. The maximum atomic E-state index is 12.8. The summed E-state index contributed by atoms with van der Waals surface area (Å²) < 4.78 is 0. The molecule has 0 unspecified atom stereocenters. The number of carbonyl (C=O) groups excluding carboxylic acids is 1. The van der Waals surface area contributed by atoms with Crippen LogP contribution in [0.1, 0.15) is 38.2 Å². The van der Waals surface area contributed by atoms with Crippen LogP contribution in [0.3, 0.4) is 0 Å². The number of hydrogen-bond donors (Lipinski definition) is 0. The molecule has 3 heterocycles. The molecule has 0 spiro atoms. The number of carbonyl (C=O) groups is 1. The van der Waals surface area contributed by atoms with Crippen LogP contribution >= 0.6 is 0 Å². The fourth-order valence-electron chi connectivity index (χ4n) is 5.28. The van der Waals surface area contributed by atoms with Crippen LogP contribution in [0, 0.1) is 0 Å². The van der Waals surface area contributed by atoms with Gasteiger partial charge in [0.25, 0.3) is 0 Å². The lowest BCUT2D eigenvalue weighted by Gasteiger charge is -2.43. The number of piperazine rings is 2. The Hall–Kier alpha value is -2.51. The van der Waals surface area contributed by atoms with Gasteiger partial charge in [-0.15, -0.1) is 0 Å². The van der Waals surface area contributed by atoms with Gasteiger partial charge in [-0.2, -0.15) is 0 Å². The number of rotatable bonds is 7. The highest BCUT2D eigenvalue weighted by molar-refractivity contribution is 5.78.